The Morgan fingerprint density at radius 2 is 1.45 bits per heavy atom. The van der Waals surface area contributed by atoms with Crippen LogP contribution in [0.4, 0.5) is 17.2 Å². The van der Waals surface area contributed by atoms with Gasteiger partial charge >= 0.3 is 0 Å². The summed E-state index contributed by atoms with van der Waals surface area (Å²) in [6, 6.07) is 13.0. The molecule has 0 atom stereocenters. The summed E-state index contributed by atoms with van der Waals surface area (Å²) in [6.45, 7) is 4.77. The van der Waals surface area contributed by atoms with Gasteiger partial charge < -0.3 is 39.6 Å². The molecule has 0 aliphatic heterocycles. The second-order valence-electron chi connectivity index (χ2n) is 8.45. The molecule has 0 saturated heterocycles. The number of benzene rings is 2. The Labute approximate surface area is 223 Å². The maximum Gasteiger partial charge on any atom is 0.250 e. The third kappa shape index (κ3) is 6.98. The van der Waals surface area contributed by atoms with Crippen molar-refractivity contribution in [2.45, 2.75) is 26.9 Å². The van der Waals surface area contributed by atoms with Gasteiger partial charge in [-0.1, -0.05) is 0 Å². The second-order valence-corrected chi connectivity index (χ2v) is 8.45. The van der Waals surface area contributed by atoms with Crippen LogP contribution in [0.15, 0.2) is 42.5 Å². The average Bonchev–Trinajstić information content (AvgIpc) is 2.93. The van der Waals surface area contributed by atoms with E-state index in [0.29, 0.717) is 65.6 Å². The van der Waals surface area contributed by atoms with Crippen molar-refractivity contribution in [3.8, 4) is 23.0 Å². The topological polar surface area (TPSA) is 117 Å². The molecule has 0 aliphatic rings. The quantitative estimate of drug-likeness (QED) is 0.339. The molecule has 10 heteroatoms. The van der Waals surface area contributed by atoms with E-state index in [4.69, 9.17) is 34.4 Å². The first-order chi connectivity index (χ1) is 18.3. The van der Waals surface area contributed by atoms with Crippen LogP contribution in [0, 0.1) is 6.92 Å². The van der Waals surface area contributed by atoms with E-state index in [0.717, 1.165) is 11.1 Å². The molecule has 3 rings (SSSR count). The average molecular weight is 525 g/mol. The lowest BCUT2D eigenvalue weighted by atomic mass is 10.1. The highest BCUT2D eigenvalue weighted by molar-refractivity contribution is 5.98. The van der Waals surface area contributed by atoms with E-state index in [-0.39, 0.29) is 12.5 Å². The number of carbonyl (C=O) groups excluding carboxylic acids is 1. The zero-order valence-electron chi connectivity index (χ0n) is 22.8. The molecule has 3 N–H and O–H groups in total. The van der Waals surface area contributed by atoms with Gasteiger partial charge in [0.25, 0.3) is 5.91 Å². The van der Waals surface area contributed by atoms with Gasteiger partial charge in [0.1, 0.15) is 35.3 Å². The van der Waals surface area contributed by atoms with Gasteiger partial charge in [-0.3, -0.25) is 4.79 Å². The van der Waals surface area contributed by atoms with Crippen LogP contribution >= 0.6 is 0 Å². The zero-order chi connectivity index (χ0) is 27.7. The van der Waals surface area contributed by atoms with Crippen molar-refractivity contribution in [1.29, 1.82) is 0 Å². The minimum Gasteiger partial charge on any atom is -0.497 e. The number of nitrogens with one attached hydrogen (secondary N) is 1. The molecular formula is C28H36N4O6. The highest BCUT2D eigenvalue weighted by Crippen LogP contribution is 2.36. The Morgan fingerprint density at radius 1 is 0.895 bits per heavy atom. The summed E-state index contributed by atoms with van der Waals surface area (Å²) in [5.41, 5.74) is 9.67. The molecule has 0 saturated carbocycles. The number of methoxy groups -OCH3 is 4. The number of pyridine rings is 1. The van der Waals surface area contributed by atoms with Gasteiger partial charge in [0, 0.05) is 48.6 Å². The first kappa shape index (κ1) is 28.4. The van der Waals surface area contributed by atoms with E-state index in [9.17, 15) is 4.79 Å². The van der Waals surface area contributed by atoms with Gasteiger partial charge in [-0.2, -0.15) is 0 Å². The number of amides is 1. The van der Waals surface area contributed by atoms with Gasteiger partial charge in [0.05, 0.1) is 34.1 Å². The van der Waals surface area contributed by atoms with E-state index in [1.54, 1.807) is 34.5 Å². The van der Waals surface area contributed by atoms with Gasteiger partial charge in [0.2, 0.25) is 0 Å². The molecule has 10 nitrogen and oxygen atoms in total. The number of anilines is 3. The largest absolute Gasteiger partial charge is 0.497 e. The lowest BCUT2D eigenvalue weighted by Crippen LogP contribution is -2.27. The van der Waals surface area contributed by atoms with Crippen molar-refractivity contribution in [1.82, 2.24) is 4.98 Å². The number of nitrogen functional groups attached to an aromatic ring is 1. The van der Waals surface area contributed by atoms with Crippen LogP contribution in [-0.4, -0.2) is 52.5 Å². The third-order valence-electron chi connectivity index (χ3n) is 5.87. The number of nitrogens with zero attached hydrogens (tertiary/aromatic N) is 2. The van der Waals surface area contributed by atoms with Crippen LogP contribution in [0.5, 0.6) is 23.0 Å². The van der Waals surface area contributed by atoms with Crippen LogP contribution in [0.1, 0.15) is 23.7 Å². The molecule has 1 aromatic heterocycles. The van der Waals surface area contributed by atoms with E-state index in [1.165, 1.54) is 0 Å². The van der Waals surface area contributed by atoms with Crippen molar-refractivity contribution >= 4 is 23.1 Å². The third-order valence-corrected chi connectivity index (χ3v) is 5.87. The maximum absolute atomic E-state index is 12.6. The van der Waals surface area contributed by atoms with Crippen LogP contribution in [-0.2, 0) is 22.6 Å². The lowest BCUT2D eigenvalue weighted by molar-refractivity contribution is -0.120. The molecule has 1 amide bonds. The number of nitrogens with two attached hydrogens (primary N) is 1. The summed E-state index contributed by atoms with van der Waals surface area (Å²) in [5.74, 6) is 2.83. The number of rotatable bonds is 13. The van der Waals surface area contributed by atoms with Gasteiger partial charge in [-0.15, -0.1) is 0 Å². The molecular weight excluding hydrogens is 488 g/mol. The predicted octanol–water partition coefficient (Wildman–Crippen LogP) is 4.19. The molecule has 2 aromatic carbocycles. The van der Waals surface area contributed by atoms with Gasteiger partial charge in [-0.05, 0) is 44.2 Å². The van der Waals surface area contributed by atoms with Crippen molar-refractivity contribution in [3.05, 3.63) is 59.3 Å². The molecule has 0 bridgehead atoms. The summed E-state index contributed by atoms with van der Waals surface area (Å²) in [7, 11) is 6.43. The number of ether oxygens (including phenoxy) is 5. The molecule has 204 valence electrons. The standard InChI is InChI=1S/C28H36N4O6/c1-7-38-17-26(33)31-27-23(29)12-18(2)30-28(27)32(15-19-8-10-21(34-3)13-24(19)36-5)16-20-9-11-22(35-4)14-25(20)37-6/h8-14H,7,15-17H2,1-6H3,(H2,29,30)(H,31,33). The smallest absolute Gasteiger partial charge is 0.250 e. The molecule has 0 unspecified atom stereocenters. The monoisotopic (exact) mass is 524 g/mol. The fourth-order valence-corrected chi connectivity index (χ4v) is 3.99. The zero-order valence-corrected chi connectivity index (χ0v) is 22.8. The first-order valence-corrected chi connectivity index (χ1v) is 12.1. The Bertz CT molecular complexity index is 1190. The van der Waals surface area contributed by atoms with Crippen molar-refractivity contribution in [2.75, 3.05) is 57.6 Å². The van der Waals surface area contributed by atoms with Gasteiger partial charge in [-0.25, -0.2) is 4.98 Å². The minimum absolute atomic E-state index is 0.0954. The fraction of sp³-hybridized carbons (Fsp3) is 0.357. The Hall–Kier alpha value is -4.18. The summed E-state index contributed by atoms with van der Waals surface area (Å²) >= 11 is 0. The summed E-state index contributed by atoms with van der Waals surface area (Å²) < 4.78 is 27.3. The highest BCUT2D eigenvalue weighted by Gasteiger charge is 2.22. The number of hydrogen-bond donors (Lipinski definition) is 2. The molecule has 0 fully saturated rings. The second kappa shape index (κ2) is 13.4. The normalized spacial score (nSPS) is 10.6. The van der Waals surface area contributed by atoms with Crippen molar-refractivity contribution in [2.24, 2.45) is 0 Å². The van der Waals surface area contributed by atoms with Crippen molar-refractivity contribution < 1.29 is 28.5 Å². The Morgan fingerprint density at radius 3 is 1.92 bits per heavy atom. The summed E-state index contributed by atoms with van der Waals surface area (Å²) in [5, 5.41) is 2.89. The lowest BCUT2D eigenvalue weighted by Gasteiger charge is -2.29. The summed E-state index contributed by atoms with van der Waals surface area (Å²) in [6.07, 6.45) is 0. The SMILES string of the molecule is CCOCC(=O)Nc1c(N)cc(C)nc1N(Cc1ccc(OC)cc1OC)Cc1ccc(OC)cc1OC. The number of carbonyl (C=O) groups is 1. The fourth-order valence-electron chi connectivity index (χ4n) is 3.99. The Balaban J connectivity index is 2.12. The minimum atomic E-state index is -0.325. The van der Waals surface area contributed by atoms with Crippen LogP contribution < -0.4 is 34.9 Å². The molecule has 3 aromatic rings. The van der Waals surface area contributed by atoms with Crippen LogP contribution in [0.25, 0.3) is 0 Å². The molecule has 38 heavy (non-hydrogen) atoms. The van der Waals surface area contributed by atoms with Crippen LogP contribution in [0.3, 0.4) is 0 Å². The summed E-state index contributed by atoms with van der Waals surface area (Å²) in [4.78, 5) is 19.4. The number of hydrogen-bond acceptors (Lipinski definition) is 9. The van der Waals surface area contributed by atoms with E-state index in [1.807, 2.05) is 55.1 Å². The molecule has 0 spiro atoms. The van der Waals surface area contributed by atoms with Crippen molar-refractivity contribution in [3.63, 3.8) is 0 Å². The van der Waals surface area contributed by atoms with Crippen LogP contribution in [0.2, 0.25) is 0 Å². The molecule has 0 aliphatic carbocycles. The number of aryl methyl sites for hydroxylation is 1. The Kier molecular flexibility index (Phi) is 10.0. The first-order valence-electron chi connectivity index (χ1n) is 12.1. The van der Waals surface area contributed by atoms with Gasteiger partial charge in [0.15, 0.2) is 5.82 Å². The predicted molar refractivity (Wildman–Crippen MR) is 147 cm³/mol. The maximum atomic E-state index is 12.6. The van der Waals surface area contributed by atoms with E-state index < -0.39 is 0 Å². The van der Waals surface area contributed by atoms with E-state index >= 15 is 0 Å². The molecule has 1 heterocycles. The number of aromatic nitrogens is 1. The molecule has 0 radical (unpaired) electrons. The van der Waals surface area contributed by atoms with E-state index in [2.05, 4.69) is 5.32 Å². The highest BCUT2D eigenvalue weighted by atomic mass is 16.5.